The first kappa shape index (κ1) is 24.4. The van der Waals surface area contributed by atoms with Crippen LogP contribution in [0.15, 0.2) is 0 Å². The van der Waals surface area contributed by atoms with Crippen LogP contribution in [0.2, 0.25) is 0 Å². The van der Waals surface area contributed by atoms with Crippen LogP contribution in [-0.4, -0.2) is 65.0 Å². The molecular weight excluding hydrogens is 384 g/mol. The molecule has 1 rings (SSSR count). The monoisotopic (exact) mass is 416 g/mol. The molecule has 0 aromatic heterocycles. The van der Waals surface area contributed by atoms with Gasteiger partial charge in [-0.2, -0.15) is 0 Å². The van der Waals surface area contributed by atoms with Crippen LogP contribution in [-0.2, 0) is 19.2 Å². The van der Waals surface area contributed by atoms with Gasteiger partial charge in [0.25, 0.3) is 0 Å². The predicted octanol–water partition coefficient (Wildman–Crippen LogP) is 0.558. The minimum absolute atomic E-state index is 0.117. The van der Waals surface area contributed by atoms with Gasteiger partial charge in [-0.1, -0.05) is 13.8 Å². The van der Waals surface area contributed by atoms with Gasteiger partial charge in [0.1, 0.15) is 6.04 Å². The van der Waals surface area contributed by atoms with Crippen LogP contribution < -0.4 is 16.4 Å². The van der Waals surface area contributed by atoms with Crippen molar-refractivity contribution < 1.29 is 19.2 Å². The third-order valence-electron chi connectivity index (χ3n) is 4.79. The summed E-state index contributed by atoms with van der Waals surface area (Å²) >= 11 is 5.62. The summed E-state index contributed by atoms with van der Waals surface area (Å²) in [6, 6.07) is -2.28. The Hall–Kier alpha value is -1.67. The molecule has 4 atom stereocenters. The zero-order valence-corrected chi connectivity index (χ0v) is 17.9. The minimum atomic E-state index is -0.802. The summed E-state index contributed by atoms with van der Waals surface area (Å²) < 4.78 is 0. The van der Waals surface area contributed by atoms with Crippen LogP contribution in [0.25, 0.3) is 0 Å². The highest BCUT2D eigenvalue weighted by Crippen LogP contribution is 2.20. The number of Topliss-reactive ketones (excluding diaryl/α,β-unsaturated/α-hetero) is 1. The molecule has 1 aliphatic heterocycles. The molecule has 1 heterocycles. The molecule has 1 aliphatic rings. The topological polar surface area (TPSA) is 122 Å². The number of hydrogen-bond donors (Lipinski definition) is 3. The van der Waals surface area contributed by atoms with E-state index in [0.29, 0.717) is 13.0 Å². The molecule has 4 N–H and O–H groups in total. The fourth-order valence-corrected chi connectivity index (χ4v) is 3.50. The maximum atomic E-state index is 12.4. The van der Waals surface area contributed by atoms with E-state index < -0.39 is 24.0 Å². The lowest BCUT2D eigenvalue weighted by Crippen LogP contribution is -2.52. The molecular formula is C19H33ClN4O4. The summed E-state index contributed by atoms with van der Waals surface area (Å²) in [7, 11) is 0. The lowest BCUT2D eigenvalue weighted by Gasteiger charge is -2.26. The number of carbonyl (C=O) groups is 4. The molecule has 9 heteroatoms. The van der Waals surface area contributed by atoms with Crippen LogP contribution in [0, 0.1) is 5.92 Å². The third kappa shape index (κ3) is 7.39. The number of likely N-dealkylation sites (tertiary alicyclic amines) is 1. The van der Waals surface area contributed by atoms with Gasteiger partial charge < -0.3 is 21.3 Å². The van der Waals surface area contributed by atoms with E-state index in [4.69, 9.17) is 17.3 Å². The van der Waals surface area contributed by atoms with Crippen molar-refractivity contribution >= 4 is 35.1 Å². The molecule has 160 valence electrons. The highest BCUT2D eigenvalue weighted by molar-refractivity contribution is 6.28. The van der Waals surface area contributed by atoms with Crippen molar-refractivity contribution in [3.8, 4) is 0 Å². The van der Waals surface area contributed by atoms with E-state index in [-0.39, 0.29) is 41.9 Å². The van der Waals surface area contributed by atoms with Crippen LogP contribution in [0.3, 0.4) is 0 Å². The second kappa shape index (κ2) is 11.4. The normalized spacial score (nSPS) is 19.8. The minimum Gasteiger partial charge on any atom is -0.345 e. The molecule has 0 saturated carbocycles. The van der Waals surface area contributed by atoms with Gasteiger partial charge in [0.15, 0.2) is 5.78 Å². The standard InChI is InChI=1S/C19H33ClN4O4/c1-11(2)8-15(16(25)10-20)23-18(27)13(4)22-17(26)9-14-6-5-7-24(14)19(28)12(3)21/h11-15H,5-10,21H2,1-4H3,(H,22,26)(H,23,27). The van der Waals surface area contributed by atoms with Crippen LogP contribution in [0.1, 0.15) is 53.4 Å². The molecule has 0 spiro atoms. The fourth-order valence-electron chi connectivity index (χ4n) is 3.31. The number of ketones is 1. The highest BCUT2D eigenvalue weighted by Gasteiger charge is 2.32. The van der Waals surface area contributed by atoms with Crippen LogP contribution in [0.4, 0.5) is 0 Å². The highest BCUT2D eigenvalue weighted by atomic mass is 35.5. The number of halogens is 1. The Bertz CT molecular complexity index is 582. The first-order chi connectivity index (χ1) is 13.1. The Morgan fingerprint density at radius 1 is 1.14 bits per heavy atom. The van der Waals surface area contributed by atoms with E-state index in [2.05, 4.69) is 10.6 Å². The van der Waals surface area contributed by atoms with E-state index in [1.165, 1.54) is 0 Å². The quantitative estimate of drug-likeness (QED) is 0.449. The van der Waals surface area contributed by atoms with Crippen LogP contribution in [0.5, 0.6) is 0 Å². The summed E-state index contributed by atoms with van der Waals surface area (Å²) in [5, 5.41) is 5.32. The van der Waals surface area contributed by atoms with Crippen LogP contribution >= 0.6 is 11.6 Å². The van der Waals surface area contributed by atoms with Crippen molar-refractivity contribution in [2.75, 3.05) is 12.4 Å². The number of nitrogens with two attached hydrogens (primary N) is 1. The first-order valence-corrected chi connectivity index (χ1v) is 10.3. The number of hydrogen-bond acceptors (Lipinski definition) is 5. The molecule has 28 heavy (non-hydrogen) atoms. The molecule has 3 amide bonds. The van der Waals surface area contributed by atoms with Crippen molar-refractivity contribution in [3.63, 3.8) is 0 Å². The summed E-state index contributed by atoms with van der Waals surface area (Å²) in [4.78, 5) is 50.5. The predicted molar refractivity (Wildman–Crippen MR) is 108 cm³/mol. The molecule has 0 aromatic carbocycles. The summed E-state index contributed by atoms with van der Waals surface area (Å²) in [5.41, 5.74) is 5.66. The second-order valence-electron chi connectivity index (χ2n) is 7.90. The van der Waals surface area contributed by atoms with Gasteiger partial charge >= 0.3 is 0 Å². The Balaban J connectivity index is 2.59. The average Bonchev–Trinajstić information content (AvgIpc) is 3.06. The van der Waals surface area contributed by atoms with Crippen molar-refractivity contribution in [2.45, 2.75) is 77.5 Å². The van der Waals surface area contributed by atoms with Crippen molar-refractivity contribution in [1.82, 2.24) is 15.5 Å². The average molecular weight is 417 g/mol. The van der Waals surface area contributed by atoms with E-state index in [1.807, 2.05) is 13.8 Å². The third-order valence-corrected chi connectivity index (χ3v) is 5.05. The Morgan fingerprint density at radius 2 is 1.79 bits per heavy atom. The van der Waals surface area contributed by atoms with Gasteiger partial charge in [-0.05, 0) is 39.0 Å². The van der Waals surface area contributed by atoms with Gasteiger partial charge in [-0.15, -0.1) is 11.6 Å². The summed E-state index contributed by atoms with van der Waals surface area (Å²) in [6.07, 6.45) is 2.15. The van der Waals surface area contributed by atoms with Gasteiger partial charge in [0.2, 0.25) is 17.7 Å². The number of carbonyl (C=O) groups excluding carboxylic acids is 4. The van der Waals surface area contributed by atoms with Gasteiger partial charge in [-0.25, -0.2) is 0 Å². The lowest BCUT2D eigenvalue weighted by atomic mass is 10.0. The molecule has 1 fully saturated rings. The smallest absolute Gasteiger partial charge is 0.242 e. The van der Waals surface area contributed by atoms with Crippen molar-refractivity contribution in [3.05, 3.63) is 0 Å². The number of nitrogens with one attached hydrogen (secondary N) is 2. The number of nitrogens with zero attached hydrogens (tertiary/aromatic N) is 1. The molecule has 0 aromatic rings. The number of alkyl halides is 1. The summed E-state index contributed by atoms with van der Waals surface area (Å²) in [5.74, 6) is -1.15. The maximum Gasteiger partial charge on any atom is 0.242 e. The Morgan fingerprint density at radius 3 is 2.32 bits per heavy atom. The largest absolute Gasteiger partial charge is 0.345 e. The van der Waals surface area contributed by atoms with Gasteiger partial charge in [0.05, 0.1) is 18.0 Å². The van der Waals surface area contributed by atoms with Gasteiger partial charge in [0, 0.05) is 19.0 Å². The van der Waals surface area contributed by atoms with Crippen molar-refractivity contribution in [1.29, 1.82) is 0 Å². The van der Waals surface area contributed by atoms with E-state index >= 15 is 0 Å². The van der Waals surface area contributed by atoms with E-state index in [0.717, 1.165) is 12.8 Å². The molecule has 0 aliphatic carbocycles. The second-order valence-corrected chi connectivity index (χ2v) is 8.17. The maximum absolute atomic E-state index is 12.4. The lowest BCUT2D eigenvalue weighted by molar-refractivity contribution is -0.135. The van der Waals surface area contributed by atoms with Gasteiger partial charge in [-0.3, -0.25) is 19.2 Å². The fraction of sp³-hybridized carbons (Fsp3) is 0.789. The van der Waals surface area contributed by atoms with E-state index in [9.17, 15) is 19.2 Å². The first-order valence-electron chi connectivity index (χ1n) is 9.81. The molecule has 0 bridgehead atoms. The zero-order valence-electron chi connectivity index (χ0n) is 17.2. The molecule has 4 unspecified atom stereocenters. The number of rotatable bonds is 10. The SMILES string of the molecule is CC(C)CC(NC(=O)C(C)NC(=O)CC1CCCN1C(=O)C(C)N)C(=O)CCl. The molecule has 1 saturated heterocycles. The number of amides is 3. The molecule has 8 nitrogen and oxygen atoms in total. The Kier molecular flexibility index (Phi) is 9.89. The van der Waals surface area contributed by atoms with E-state index in [1.54, 1.807) is 18.7 Å². The molecule has 0 radical (unpaired) electrons. The summed E-state index contributed by atoms with van der Waals surface area (Å²) in [6.45, 7) is 7.67. The van der Waals surface area contributed by atoms with Crippen molar-refractivity contribution in [2.24, 2.45) is 11.7 Å². The zero-order chi connectivity index (χ0) is 21.4. The Labute approximate surface area is 171 Å².